The quantitative estimate of drug-likeness (QED) is 0.734. The van der Waals surface area contributed by atoms with Gasteiger partial charge in [-0.1, -0.05) is 32.9 Å². The zero-order chi connectivity index (χ0) is 17.2. The molecule has 2 amide bonds. The van der Waals surface area contributed by atoms with Gasteiger partial charge in [0, 0.05) is 12.6 Å². The average molecular weight is 321 g/mol. The summed E-state index contributed by atoms with van der Waals surface area (Å²) in [6, 6.07) is 8.29. The number of hydrogen-bond donors (Lipinski definition) is 2. The van der Waals surface area contributed by atoms with Crippen LogP contribution in [-0.2, 0) is 0 Å². The van der Waals surface area contributed by atoms with Gasteiger partial charge in [0.25, 0.3) is 0 Å². The van der Waals surface area contributed by atoms with E-state index in [1.54, 1.807) is 7.11 Å². The Bertz CT molecular complexity index is 458. The highest BCUT2D eigenvalue weighted by Crippen LogP contribution is 2.22. The first-order valence-corrected chi connectivity index (χ1v) is 8.47. The number of amides is 2. The van der Waals surface area contributed by atoms with Gasteiger partial charge in [-0.05, 0) is 44.1 Å². The summed E-state index contributed by atoms with van der Waals surface area (Å²) in [5.41, 5.74) is 1.18. The van der Waals surface area contributed by atoms with Gasteiger partial charge >= 0.3 is 6.03 Å². The number of methoxy groups -OCH3 is 1. The van der Waals surface area contributed by atoms with Gasteiger partial charge in [0.1, 0.15) is 5.75 Å². The minimum absolute atomic E-state index is 0.106. The fourth-order valence-corrected chi connectivity index (χ4v) is 2.51. The Morgan fingerprint density at radius 1 is 1.17 bits per heavy atom. The second-order valence-electron chi connectivity index (χ2n) is 5.67. The van der Waals surface area contributed by atoms with E-state index in [9.17, 15) is 4.79 Å². The normalized spacial score (nSPS) is 13.5. The van der Waals surface area contributed by atoms with Gasteiger partial charge in [-0.25, -0.2) is 4.79 Å². The molecular formula is C18H31N3O2. The molecule has 0 bridgehead atoms. The van der Waals surface area contributed by atoms with Gasteiger partial charge in [0.2, 0.25) is 0 Å². The van der Waals surface area contributed by atoms with Gasteiger partial charge < -0.3 is 15.4 Å². The first-order valence-electron chi connectivity index (χ1n) is 8.47. The molecule has 1 aromatic rings. The second kappa shape index (κ2) is 10.1. The molecule has 0 saturated carbocycles. The van der Waals surface area contributed by atoms with Crippen LogP contribution in [0.1, 0.15) is 45.7 Å². The van der Waals surface area contributed by atoms with Crippen molar-refractivity contribution < 1.29 is 9.53 Å². The number of ether oxygens (including phenoxy) is 1. The van der Waals surface area contributed by atoms with E-state index in [2.05, 4.69) is 48.4 Å². The van der Waals surface area contributed by atoms with E-state index < -0.39 is 0 Å². The maximum Gasteiger partial charge on any atom is 0.315 e. The molecule has 2 unspecified atom stereocenters. The van der Waals surface area contributed by atoms with Crippen molar-refractivity contribution in [2.45, 2.75) is 46.2 Å². The molecule has 1 rings (SSSR count). The first kappa shape index (κ1) is 19.3. The molecule has 0 saturated heterocycles. The van der Waals surface area contributed by atoms with Crippen molar-refractivity contribution in [1.82, 2.24) is 15.5 Å². The Hall–Kier alpha value is -1.75. The van der Waals surface area contributed by atoms with Crippen LogP contribution in [0, 0.1) is 0 Å². The van der Waals surface area contributed by atoms with Crippen LogP contribution in [0.25, 0.3) is 0 Å². The van der Waals surface area contributed by atoms with Gasteiger partial charge in [0.05, 0.1) is 13.2 Å². The van der Waals surface area contributed by atoms with Crippen molar-refractivity contribution in [3.63, 3.8) is 0 Å². The summed E-state index contributed by atoms with van der Waals surface area (Å²) < 4.78 is 5.22. The molecule has 0 aromatic heterocycles. The summed E-state index contributed by atoms with van der Waals surface area (Å²) in [7, 11) is 1.66. The Balaban J connectivity index is 2.78. The predicted octanol–water partition coefficient (Wildman–Crippen LogP) is 3.18. The Morgan fingerprint density at radius 2 is 1.78 bits per heavy atom. The second-order valence-corrected chi connectivity index (χ2v) is 5.67. The van der Waals surface area contributed by atoms with E-state index in [0.29, 0.717) is 6.54 Å². The lowest BCUT2D eigenvalue weighted by Crippen LogP contribution is -2.44. The molecular weight excluding hydrogens is 290 g/mol. The summed E-state index contributed by atoms with van der Waals surface area (Å²) >= 11 is 0. The highest BCUT2D eigenvalue weighted by molar-refractivity contribution is 5.74. The zero-order valence-corrected chi connectivity index (χ0v) is 15.1. The predicted molar refractivity (Wildman–Crippen MR) is 94.9 cm³/mol. The van der Waals surface area contributed by atoms with Crippen molar-refractivity contribution in [3.8, 4) is 5.75 Å². The smallest absolute Gasteiger partial charge is 0.315 e. The number of nitrogens with one attached hydrogen (secondary N) is 2. The number of nitrogens with zero attached hydrogens (tertiary/aromatic N) is 1. The Kier molecular flexibility index (Phi) is 8.48. The lowest BCUT2D eigenvalue weighted by atomic mass is 10.0. The van der Waals surface area contributed by atoms with Crippen molar-refractivity contribution in [1.29, 1.82) is 0 Å². The monoisotopic (exact) mass is 321 g/mol. The van der Waals surface area contributed by atoms with Crippen LogP contribution in [0.4, 0.5) is 4.79 Å². The van der Waals surface area contributed by atoms with E-state index in [1.807, 2.05) is 19.1 Å². The molecule has 0 radical (unpaired) electrons. The lowest BCUT2D eigenvalue weighted by Gasteiger charge is -2.30. The number of likely N-dealkylation sites (N-methyl/N-ethyl adjacent to an activating group) is 1. The number of carbonyl (C=O) groups excluding carboxylic acids is 1. The van der Waals surface area contributed by atoms with Gasteiger partial charge in [-0.15, -0.1) is 0 Å². The molecule has 0 aliphatic rings. The number of carbonyl (C=O) groups is 1. The van der Waals surface area contributed by atoms with E-state index in [-0.39, 0.29) is 18.1 Å². The summed E-state index contributed by atoms with van der Waals surface area (Å²) in [5.74, 6) is 0.842. The molecule has 0 aliphatic heterocycles. The SMILES string of the molecule is CCC(C)NC(=O)NCC(c1ccc(OC)cc1)N(CC)CC. The third-order valence-corrected chi connectivity index (χ3v) is 4.20. The molecule has 0 fully saturated rings. The number of urea groups is 1. The van der Waals surface area contributed by atoms with Crippen LogP contribution in [0.15, 0.2) is 24.3 Å². The standard InChI is InChI=1S/C18H31N3O2/c1-6-14(4)20-18(22)19-13-17(21(7-2)8-3)15-9-11-16(23-5)12-10-15/h9-12,14,17H,6-8,13H2,1-5H3,(H2,19,20,22). The molecule has 130 valence electrons. The highest BCUT2D eigenvalue weighted by atomic mass is 16.5. The molecule has 2 atom stereocenters. The molecule has 1 aromatic carbocycles. The average Bonchev–Trinajstić information content (AvgIpc) is 2.58. The molecule has 0 heterocycles. The van der Waals surface area contributed by atoms with Crippen molar-refractivity contribution in [3.05, 3.63) is 29.8 Å². The number of rotatable bonds is 9. The van der Waals surface area contributed by atoms with Crippen LogP contribution in [-0.4, -0.2) is 43.7 Å². The Labute approximate surface area is 140 Å². The van der Waals surface area contributed by atoms with Crippen LogP contribution in [0.3, 0.4) is 0 Å². The molecule has 0 spiro atoms. The van der Waals surface area contributed by atoms with Crippen molar-refractivity contribution in [2.75, 3.05) is 26.7 Å². The third-order valence-electron chi connectivity index (χ3n) is 4.20. The fourth-order valence-electron chi connectivity index (χ4n) is 2.51. The molecule has 23 heavy (non-hydrogen) atoms. The molecule has 5 nitrogen and oxygen atoms in total. The minimum Gasteiger partial charge on any atom is -0.497 e. The third kappa shape index (κ3) is 6.10. The van der Waals surface area contributed by atoms with Gasteiger partial charge in [0.15, 0.2) is 0 Å². The van der Waals surface area contributed by atoms with Crippen molar-refractivity contribution >= 4 is 6.03 Å². The molecule has 2 N–H and O–H groups in total. The summed E-state index contributed by atoms with van der Waals surface area (Å²) in [6.45, 7) is 10.8. The maximum absolute atomic E-state index is 12.0. The molecule has 5 heteroatoms. The lowest BCUT2D eigenvalue weighted by molar-refractivity contribution is 0.205. The van der Waals surface area contributed by atoms with E-state index in [4.69, 9.17) is 4.74 Å². The van der Waals surface area contributed by atoms with E-state index in [1.165, 1.54) is 5.56 Å². The highest BCUT2D eigenvalue weighted by Gasteiger charge is 2.19. The summed E-state index contributed by atoms with van der Waals surface area (Å²) in [6.07, 6.45) is 0.922. The zero-order valence-electron chi connectivity index (χ0n) is 15.1. The van der Waals surface area contributed by atoms with Crippen LogP contribution in [0.5, 0.6) is 5.75 Å². The number of hydrogen-bond acceptors (Lipinski definition) is 3. The Morgan fingerprint density at radius 3 is 2.26 bits per heavy atom. The summed E-state index contributed by atoms with van der Waals surface area (Å²) in [4.78, 5) is 14.3. The molecule has 0 aliphatic carbocycles. The summed E-state index contributed by atoms with van der Waals surface area (Å²) in [5, 5.41) is 5.94. The number of benzene rings is 1. The van der Waals surface area contributed by atoms with Gasteiger partial charge in [-0.2, -0.15) is 0 Å². The minimum atomic E-state index is -0.106. The van der Waals surface area contributed by atoms with Crippen LogP contribution in [0.2, 0.25) is 0 Å². The first-order chi connectivity index (χ1) is 11.0. The largest absolute Gasteiger partial charge is 0.497 e. The van der Waals surface area contributed by atoms with Crippen LogP contribution < -0.4 is 15.4 Å². The van der Waals surface area contributed by atoms with Crippen LogP contribution >= 0.6 is 0 Å². The van der Waals surface area contributed by atoms with Gasteiger partial charge in [-0.3, -0.25) is 4.90 Å². The topological polar surface area (TPSA) is 53.6 Å². The van der Waals surface area contributed by atoms with Crippen molar-refractivity contribution in [2.24, 2.45) is 0 Å². The van der Waals surface area contributed by atoms with E-state index in [0.717, 1.165) is 25.3 Å². The fraction of sp³-hybridized carbons (Fsp3) is 0.611. The maximum atomic E-state index is 12.0. The van der Waals surface area contributed by atoms with E-state index >= 15 is 0 Å².